The van der Waals surface area contributed by atoms with Gasteiger partial charge in [-0.2, -0.15) is 0 Å². The van der Waals surface area contributed by atoms with Crippen LogP contribution in [0.2, 0.25) is 10.0 Å². The van der Waals surface area contributed by atoms with Crippen LogP contribution in [0.1, 0.15) is 21.5 Å². The van der Waals surface area contributed by atoms with Crippen LogP contribution in [0.4, 0.5) is 0 Å². The van der Waals surface area contributed by atoms with Crippen LogP contribution >= 0.6 is 23.2 Å². The lowest BCUT2D eigenvalue weighted by Gasteiger charge is -2.09. The summed E-state index contributed by atoms with van der Waals surface area (Å²) in [6.07, 6.45) is 0.653. The van der Waals surface area contributed by atoms with Crippen molar-refractivity contribution in [1.82, 2.24) is 0 Å². The van der Waals surface area contributed by atoms with Gasteiger partial charge in [-0.25, -0.2) is 0 Å². The maximum Gasteiger partial charge on any atom is 0.194 e. The Morgan fingerprint density at radius 1 is 1.00 bits per heavy atom. The van der Waals surface area contributed by atoms with Gasteiger partial charge in [0.1, 0.15) is 0 Å². The van der Waals surface area contributed by atoms with Gasteiger partial charge >= 0.3 is 0 Å². The Balaban J connectivity index is 2.47. The molecule has 0 atom stereocenters. The quantitative estimate of drug-likeness (QED) is 0.873. The zero-order valence-electron chi connectivity index (χ0n) is 10.2. The number of rotatable bonds is 4. The first-order valence-electron chi connectivity index (χ1n) is 5.92. The molecule has 98 valence electrons. The van der Waals surface area contributed by atoms with E-state index in [1.54, 1.807) is 24.3 Å². The summed E-state index contributed by atoms with van der Waals surface area (Å²) < 4.78 is 0. The fourth-order valence-corrected chi connectivity index (χ4v) is 2.33. The summed E-state index contributed by atoms with van der Waals surface area (Å²) in [5.74, 6) is -0.128. The Bertz CT molecular complexity index is 611. The van der Waals surface area contributed by atoms with Crippen LogP contribution in [0, 0.1) is 0 Å². The van der Waals surface area contributed by atoms with E-state index in [0.717, 1.165) is 5.56 Å². The minimum absolute atomic E-state index is 0.128. The molecule has 0 fully saturated rings. The summed E-state index contributed by atoms with van der Waals surface area (Å²) in [5.41, 5.74) is 7.52. The van der Waals surface area contributed by atoms with E-state index in [0.29, 0.717) is 29.1 Å². The first-order chi connectivity index (χ1) is 9.15. The molecule has 0 aromatic heterocycles. The largest absolute Gasteiger partial charge is 0.330 e. The van der Waals surface area contributed by atoms with E-state index < -0.39 is 0 Å². The van der Waals surface area contributed by atoms with Crippen molar-refractivity contribution in [2.45, 2.75) is 6.42 Å². The monoisotopic (exact) mass is 293 g/mol. The van der Waals surface area contributed by atoms with Crippen LogP contribution < -0.4 is 5.73 Å². The van der Waals surface area contributed by atoms with Gasteiger partial charge in [-0.1, -0.05) is 53.5 Å². The molecule has 2 aromatic carbocycles. The van der Waals surface area contributed by atoms with Gasteiger partial charge in [0.25, 0.3) is 0 Å². The number of benzene rings is 2. The van der Waals surface area contributed by atoms with Crippen molar-refractivity contribution in [3.63, 3.8) is 0 Å². The lowest BCUT2D eigenvalue weighted by molar-refractivity contribution is 0.103. The van der Waals surface area contributed by atoms with Gasteiger partial charge in [0, 0.05) is 11.1 Å². The van der Waals surface area contributed by atoms with Crippen molar-refractivity contribution in [3.05, 3.63) is 69.2 Å². The molecule has 0 spiro atoms. The molecule has 0 radical (unpaired) electrons. The average Bonchev–Trinajstić information content (AvgIpc) is 2.42. The van der Waals surface area contributed by atoms with Crippen molar-refractivity contribution >= 4 is 29.0 Å². The second-order valence-corrected chi connectivity index (χ2v) is 4.91. The van der Waals surface area contributed by atoms with Crippen molar-refractivity contribution in [2.75, 3.05) is 6.54 Å². The summed E-state index contributed by atoms with van der Waals surface area (Å²) in [6, 6.07) is 12.4. The Kier molecular flexibility index (Phi) is 4.59. The van der Waals surface area contributed by atoms with Crippen molar-refractivity contribution < 1.29 is 4.79 Å². The molecule has 2 nitrogen and oxygen atoms in total. The molecule has 0 bridgehead atoms. The molecule has 19 heavy (non-hydrogen) atoms. The molecule has 0 saturated heterocycles. The van der Waals surface area contributed by atoms with Gasteiger partial charge < -0.3 is 5.73 Å². The van der Waals surface area contributed by atoms with Gasteiger partial charge in [-0.05, 0) is 30.7 Å². The Morgan fingerprint density at radius 2 is 1.68 bits per heavy atom. The molecule has 0 heterocycles. The molecule has 0 amide bonds. The molecular formula is C15H13Cl2NO. The molecule has 0 saturated carbocycles. The fourth-order valence-electron chi connectivity index (χ4n) is 1.94. The zero-order valence-corrected chi connectivity index (χ0v) is 11.7. The Morgan fingerprint density at radius 3 is 2.42 bits per heavy atom. The van der Waals surface area contributed by atoms with Gasteiger partial charge in [0.05, 0.1) is 10.0 Å². The van der Waals surface area contributed by atoms with Crippen LogP contribution in [0.25, 0.3) is 0 Å². The van der Waals surface area contributed by atoms with Gasteiger partial charge in [0.15, 0.2) is 5.78 Å². The summed E-state index contributed by atoms with van der Waals surface area (Å²) in [4.78, 5) is 12.5. The molecule has 2 rings (SSSR count). The molecule has 4 heteroatoms. The summed E-state index contributed by atoms with van der Waals surface area (Å²) in [5, 5.41) is 0.667. The highest BCUT2D eigenvalue weighted by atomic mass is 35.5. The minimum Gasteiger partial charge on any atom is -0.330 e. The maximum atomic E-state index is 12.5. The predicted molar refractivity (Wildman–Crippen MR) is 79.1 cm³/mol. The number of hydrogen-bond donors (Lipinski definition) is 1. The first-order valence-corrected chi connectivity index (χ1v) is 6.67. The highest BCUT2D eigenvalue weighted by Crippen LogP contribution is 2.28. The second kappa shape index (κ2) is 6.20. The van der Waals surface area contributed by atoms with Gasteiger partial charge in [-0.15, -0.1) is 0 Å². The number of halogens is 2. The normalized spacial score (nSPS) is 10.5. The van der Waals surface area contributed by atoms with Gasteiger partial charge in [-0.3, -0.25) is 4.79 Å². The van der Waals surface area contributed by atoms with Crippen molar-refractivity contribution in [3.8, 4) is 0 Å². The smallest absolute Gasteiger partial charge is 0.194 e. The van der Waals surface area contributed by atoms with Crippen LogP contribution in [0.5, 0.6) is 0 Å². The van der Waals surface area contributed by atoms with Gasteiger partial charge in [0.2, 0.25) is 0 Å². The summed E-state index contributed by atoms with van der Waals surface area (Å²) in [7, 11) is 0. The molecule has 0 unspecified atom stereocenters. The van der Waals surface area contributed by atoms with Crippen LogP contribution in [-0.2, 0) is 6.42 Å². The Labute approximate surface area is 122 Å². The molecule has 0 aliphatic heterocycles. The van der Waals surface area contributed by atoms with Crippen molar-refractivity contribution in [1.29, 1.82) is 0 Å². The van der Waals surface area contributed by atoms with E-state index in [9.17, 15) is 4.79 Å². The molecule has 0 aliphatic carbocycles. The van der Waals surface area contributed by atoms with E-state index in [4.69, 9.17) is 28.9 Å². The number of nitrogens with two attached hydrogens (primary N) is 1. The average molecular weight is 294 g/mol. The highest BCUT2D eigenvalue weighted by molar-refractivity contribution is 6.44. The second-order valence-electron chi connectivity index (χ2n) is 4.13. The molecule has 0 aliphatic rings. The predicted octanol–water partition coefficient (Wildman–Crippen LogP) is 3.73. The minimum atomic E-state index is -0.128. The maximum absolute atomic E-state index is 12.5. The molecular weight excluding hydrogens is 281 g/mol. The van der Waals surface area contributed by atoms with Crippen LogP contribution in [-0.4, -0.2) is 12.3 Å². The van der Waals surface area contributed by atoms with E-state index in [-0.39, 0.29) is 10.8 Å². The van der Waals surface area contributed by atoms with Crippen LogP contribution in [0.15, 0.2) is 42.5 Å². The molecule has 2 N–H and O–H groups in total. The number of carbonyl (C=O) groups is 1. The highest BCUT2D eigenvalue weighted by Gasteiger charge is 2.17. The van der Waals surface area contributed by atoms with Crippen molar-refractivity contribution in [2.24, 2.45) is 5.73 Å². The zero-order chi connectivity index (χ0) is 13.8. The fraction of sp³-hybridized carbons (Fsp3) is 0.133. The number of carbonyl (C=O) groups excluding carboxylic acids is 1. The van der Waals surface area contributed by atoms with Crippen LogP contribution in [0.3, 0.4) is 0 Å². The van der Waals surface area contributed by atoms with E-state index in [1.807, 2.05) is 18.2 Å². The third-order valence-corrected chi connectivity index (χ3v) is 3.69. The lowest BCUT2D eigenvalue weighted by Crippen LogP contribution is -2.10. The number of ketones is 1. The third-order valence-electron chi connectivity index (χ3n) is 2.87. The van der Waals surface area contributed by atoms with E-state index in [2.05, 4.69) is 0 Å². The summed E-state index contributed by atoms with van der Waals surface area (Å²) >= 11 is 12.0. The SMILES string of the molecule is NCCc1ccccc1C(=O)c1cccc(Cl)c1Cl. The summed E-state index contributed by atoms with van der Waals surface area (Å²) in [6.45, 7) is 0.494. The van der Waals surface area contributed by atoms with E-state index in [1.165, 1.54) is 0 Å². The Hall–Kier alpha value is -1.35. The number of hydrogen-bond acceptors (Lipinski definition) is 2. The lowest BCUT2D eigenvalue weighted by atomic mass is 9.96. The molecule has 2 aromatic rings. The standard InChI is InChI=1S/C15H13Cl2NO/c16-13-7-3-6-12(14(13)17)15(19)11-5-2-1-4-10(11)8-9-18/h1-7H,8-9,18H2. The first kappa shape index (κ1) is 14.1. The third kappa shape index (κ3) is 2.98. The van der Waals surface area contributed by atoms with E-state index >= 15 is 0 Å². The topological polar surface area (TPSA) is 43.1 Å².